The van der Waals surface area contributed by atoms with E-state index in [9.17, 15) is 0 Å². The molecule has 0 bridgehead atoms. The summed E-state index contributed by atoms with van der Waals surface area (Å²) in [5.41, 5.74) is 5.78. The van der Waals surface area contributed by atoms with E-state index in [0.29, 0.717) is 12.6 Å². The SMILES string of the molecule is CC1CCN(Cc2ncon2)C(CN)C1. The van der Waals surface area contributed by atoms with E-state index >= 15 is 0 Å². The number of aromatic nitrogens is 2. The Morgan fingerprint density at radius 1 is 1.67 bits per heavy atom. The molecule has 0 aromatic carbocycles. The predicted octanol–water partition coefficient (Wildman–Crippen LogP) is 0.629. The maximum absolute atomic E-state index is 5.78. The first kappa shape index (κ1) is 10.6. The van der Waals surface area contributed by atoms with Crippen molar-refractivity contribution in [2.45, 2.75) is 32.4 Å². The topological polar surface area (TPSA) is 68.2 Å². The summed E-state index contributed by atoms with van der Waals surface area (Å²) in [7, 11) is 0. The van der Waals surface area contributed by atoms with Crippen LogP contribution in [0.1, 0.15) is 25.6 Å². The molecule has 5 nitrogen and oxygen atoms in total. The molecule has 0 spiro atoms. The van der Waals surface area contributed by atoms with Crippen LogP contribution in [0.4, 0.5) is 0 Å². The summed E-state index contributed by atoms with van der Waals surface area (Å²) in [4.78, 5) is 6.39. The number of hydrogen-bond acceptors (Lipinski definition) is 5. The fraction of sp³-hybridized carbons (Fsp3) is 0.800. The molecule has 0 amide bonds. The third-order valence-electron chi connectivity index (χ3n) is 3.12. The molecular weight excluding hydrogens is 192 g/mol. The monoisotopic (exact) mass is 210 g/mol. The summed E-state index contributed by atoms with van der Waals surface area (Å²) in [5, 5.41) is 3.83. The van der Waals surface area contributed by atoms with Gasteiger partial charge in [0.2, 0.25) is 6.39 Å². The Balaban J connectivity index is 1.95. The van der Waals surface area contributed by atoms with E-state index in [-0.39, 0.29) is 0 Å². The van der Waals surface area contributed by atoms with Crippen LogP contribution in [0.5, 0.6) is 0 Å². The van der Waals surface area contributed by atoms with Gasteiger partial charge in [-0.05, 0) is 25.3 Å². The molecule has 1 aliphatic heterocycles. The lowest BCUT2D eigenvalue weighted by Gasteiger charge is -2.37. The summed E-state index contributed by atoms with van der Waals surface area (Å²) in [6, 6.07) is 0.465. The Hall–Kier alpha value is -0.940. The molecule has 1 fully saturated rings. The molecule has 1 aliphatic rings. The van der Waals surface area contributed by atoms with E-state index in [2.05, 4.69) is 22.0 Å². The molecule has 84 valence electrons. The van der Waals surface area contributed by atoms with Gasteiger partial charge in [-0.25, -0.2) is 0 Å². The summed E-state index contributed by atoms with van der Waals surface area (Å²) >= 11 is 0. The first-order valence-corrected chi connectivity index (χ1v) is 5.49. The van der Waals surface area contributed by atoms with Crippen molar-refractivity contribution in [3.63, 3.8) is 0 Å². The smallest absolute Gasteiger partial charge is 0.213 e. The maximum atomic E-state index is 5.78. The second-order valence-electron chi connectivity index (χ2n) is 4.34. The first-order valence-electron chi connectivity index (χ1n) is 5.49. The van der Waals surface area contributed by atoms with Gasteiger partial charge in [0.15, 0.2) is 5.82 Å². The molecule has 1 aromatic heterocycles. The third kappa shape index (κ3) is 2.54. The number of piperidine rings is 1. The second kappa shape index (κ2) is 4.72. The van der Waals surface area contributed by atoms with Crippen molar-refractivity contribution >= 4 is 0 Å². The van der Waals surface area contributed by atoms with Crippen LogP contribution in [0.15, 0.2) is 10.9 Å². The Labute approximate surface area is 89.6 Å². The number of likely N-dealkylation sites (tertiary alicyclic amines) is 1. The predicted molar refractivity (Wildman–Crippen MR) is 55.9 cm³/mol. The normalized spacial score (nSPS) is 28.1. The fourth-order valence-electron chi connectivity index (χ4n) is 2.20. The van der Waals surface area contributed by atoms with Gasteiger partial charge in [-0.1, -0.05) is 12.1 Å². The van der Waals surface area contributed by atoms with Gasteiger partial charge in [0.05, 0.1) is 6.54 Å². The minimum atomic E-state index is 0.465. The van der Waals surface area contributed by atoms with Crippen LogP contribution in [0.25, 0.3) is 0 Å². The molecule has 1 aromatic rings. The summed E-state index contributed by atoms with van der Waals surface area (Å²) in [6.45, 7) is 4.83. The largest absolute Gasteiger partial charge is 0.343 e. The van der Waals surface area contributed by atoms with E-state index < -0.39 is 0 Å². The van der Waals surface area contributed by atoms with E-state index in [4.69, 9.17) is 10.3 Å². The fourth-order valence-corrected chi connectivity index (χ4v) is 2.20. The lowest BCUT2D eigenvalue weighted by molar-refractivity contribution is 0.111. The van der Waals surface area contributed by atoms with Gasteiger partial charge in [0, 0.05) is 12.6 Å². The zero-order valence-corrected chi connectivity index (χ0v) is 9.09. The average Bonchev–Trinajstić information content (AvgIpc) is 2.73. The Morgan fingerprint density at radius 3 is 3.20 bits per heavy atom. The average molecular weight is 210 g/mol. The molecular formula is C10H18N4O. The Kier molecular flexibility index (Phi) is 3.33. The lowest BCUT2D eigenvalue weighted by atomic mass is 9.92. The molecule has 5 heteroatoms. The van der Waals surface area contributed by atoms with E-state index in [1.807, 2.05) is 0 Å². The van der Waals surface area contributed by atoms with Gasteiger partial charge in [-0.3, -0.25) is 4.90 Å². The molecule has 15 heavy (non-hydrogen) atoms. The van der Waals surface area contributed by atoms with Crippen LogP contribution < -0.4 is 5.73 Å². The number of rotatable bonds is 3. The molecule has 0 radical (unpaired) electrons. The zero-order chi connectivity index (χ0) is 10.7. The highest BCUT2D eigenvalue weighted by Gasteiger charge is 2.25. The van der Waals surface area contributed by atoms with Crippen molar-refractivity contribution in [1.82, 2.24) is 15.0 Å². The summed E-state index contributed by atoms with van der Waals surface area (Å²) in [6.07, 6.45) is 3.78. The van der Waals surface area contributed by atoms with Crippen LogP contribution in [-0.2, 0) is 6.54 Å². The highest BCUT2D eigenvalue weighted by molar-refractivity contribution is 4.86. The molecule has 2 rings (SSSR count). The number of nitrogens with zero attached hydrogens (tertiary/aromatic N) is 3. The van der Waals surface area contributed by atoms with Crippen molar-refractivity contribution < 1.29 is 4.52 Å². The van der Waals surface area contributed by atoms with Crippen molar-refractivity contribution in [1.29, 1.82) is 0 Å². The quantitative estimate of drug-likeness (QED) is 0.792. The molecule has 1 saturated heterocycles. The highest BCUT2D eigenvalue weighted by Crippen LogP contribution is 2.22. The highest BCUT2D eigenvalue weighted by atomic mass is 16.5. The molecule has 2 N–H and O–H groups in total. The summed E-state index contributed by atoms with van der Waals surface area (Å²) < 4.78 is 4.73. The van der Waals surface area contributed by atoms with E-state index in [0.717, 1.165) is 24.8 Å². The Bertz CT molecular complexity index is 288. The maximum Gasteiger partial charge on any atom is 0.213 e. The lowest BCUT2D eigenvalue weighted by Crippen LogP contribution is -2.45. The van der Waals surface area contributed by atoms with Gasteiger partial charge >= 0.3 is 0 Å². The van der Waals surface area contributed by atoms with Gasteiger partial charge in [-0.15, -0.1) is 0 Å². The third-order valence-corrected chi connectivity index (χ3v) is 3.12. The summed E-state index contributed by atoms with van der Waals surface area (Å²) in [5.74, 6) is 1.53. The standard InChI is InChI=1S/C10H18N4O/c1-8-2-3-14(9(4-8)5-11)6-10-12-7-15-13-10/h7-9H,2-6,11H2,1H3. The van der Waals surface area contributed by atoms with Crippen LogP contribution in [-0.4, -0.2) is 34.2 Å². The van der Waals surface area contributed by atoms with E-state index in [1.165, 1.54) is 19.2 Å². The van der Waals surface area contributed by atoms with Gasteiger partial charge in [-0.2, -0.15) is 4.98 Å². The minimum absolute atomic E-state index is 0.465. The molecule has 2 unspecified atom stereocenters. The zero-order valence-electron chi connectivity index (χ0n) is 9.09. The van der Waals surface area contributed by atoms with Crippen LogP contribution in [0.2, 0.25) is 0 Å². The van der Waals surface area contributed by atoms with Gasteiger partial charge in [0.1, 0.15) is 0 Å². The molecule has 0 saturated carbocycles. The van der Waals surface area contributed by atoms with Crippen molar-refractivity contribution in [2.75, 3.05) is 13.1 Å². The second-order valence-corrected chi connectivity index (χ2v) is 4.34. The van der Waals surface area contributed by atoms with Crippen LogP contribution >= 0.6 is 0 Å². The molecule has 2 heterocycles. The molecule has 2 atom stereocenters. The van der Waals surface area contributed by atoms with Crippen LogP contribution in [0, 0.1) is 5.92 Å². The minimum Gasteiger partial charge on any atom is -0.343 e. The number of nitrogens with two attached hydrogens (primary N) is 1. The first-order chi connectivity index (χ1) is 7.29. The Morgan fingerprint density at radius 2 is 2.53 bits per heavy atom. The van der Waals surface area contributed by atoms with Crippen LogP contribution in [0.3, 0.4) is 0 Å². The van der Waals surface area contributed by atoms with Crippen molar-refractivity contribution in [2.24, 2.45) is 11.7 Å². The number of hydrogen-bond donors (Lipinski definition) is 1. The van der Waals surface area contributed by atoms with E-state index in [1.54, 1.807) is 0 Å². The van der Waals surface area contributed by atoms with Gasteiger partial charge < -0.3 is 10.3 Å². The van der Waals surface area contributed by atoms with Gasteiger partial charge in [0.25, 0.3) is 0 Å². The molecule has 0 aliphatic carbocycles. The van der Waals surface area contributed by atoms with Crippen molar-refractivity contribution in [3.8, 4) is 0 Å². The van der Waals surface area contributed by atoms with Crippen molar-refractivity contribution in [3.05, 3.63) is 12.2 Å².